The number of carbonyl (C=O) groups excluding carboxylic acids is 1. The predicted octanol–water partition coefficient (Wildman–Crippen LogP) is 6.19. The van der Waals surface area contributed by atoms with Gasteiger partial charge in [0.15, 0.2) is 5.82 Å². The average molecular weight is 675 g/mol. The molecule has 9 nitrogen and oxygen atoms in total. The summed E-state index contributed by atoms with van der Waals surface area (Å²) >= 11 is 0. The molecule has 0 unspecified atom stereocenters. The molecule has 1 aliphatic heterocycles. The predicted molar refractivity (Wildman–Crippen MR) is 181 cm³/mol. The van der Waals surface area contributed by atoms with Crippen LogP contribution in [-0.4, -0.2) is 56.0 Å². The molecular formula is C37H41F3N6O3. The standard InChI is InChI=1S/C35H40N6O.C2HF3O2/c1-2-25-14-16-27(17-15-25)24-41-33(19-18-26-9-4-3-5-10-26)39-40-34(41)32(38-35(42)28-11-8-20-36-22-28)21-29-23-37-31-13-7-6-12-30(29)31;3-2(4,5)1(6)7/h3-7,9-10,12-17,23,28,32,36-37H,2,8,11,18-22,24H2,1H3,(H,38,42);(H,6,7)/t28-,32+;/m0./s1. The number of nitrogens with one attached hydrogen (secondary N) is 3. The summed E-state index contributed by atoms with van der Waals surface area (Å²) in [5.41, 5.74) is 6.04. The summed E-state index contributed by atoms with van der Waals surface area (Å²) < 4.78 is 34.0. The van der Waals surface area contributed by atoms with E-state index in [0.717, 1.165) is 61.4 Å². The van der Waals surface area contributed by atoms with Crippen molar-refractivity contribution in [2.24, 2.45) is 5.92 Å². The van der Waals surface area contributed by atoms with Gasteiger partial charge in [-0.15, -0.1) is 10.2 Å². The number of aryl methyl sites for hydroxylation is 3. The van der Waals surface area contributed by atoms with E-state index in [1.807, 2.05) is 12.1 Å². The van der Waals surface area contributed by atoms with Crippen LogP contribution in [0.15, 0.2) is 85.1 Å². The van der Waals surface area contributed by atoms with Crippen LogP contribution in [0.1, 0.15) is 59.7 Å². The van der Waals surface area contributed by atoms with Gasteiger partial charge in [0.2, 0.25) is 5.91 Å². The van der Waals surface area contributed by atoms with Crippen molar-refractivity contribution in [1.82, 2.24) is 30.4 Å². The number of hydrogen-bond donors (Lipinski definition) is 4. The summed E-state index contributed by atoms with van der Waals surface area (Å²) in [5.74, 6) is -0.974. The van der Waals surface area contributed by atoms with Gasteiger partial charge in [-0.05, 0) is 60.5 Å². The Morgan fingerprint density at radius 1 is 0.959 bits per heavy atom. The summed E-state index contributed by atoms with van der Waals surface area (Å²) in [5, 5.41) is 24.6. The van der Waals surface area contributed by atoms with E-state index in [-0.39, 0.29) is 17.9 Å². The number of alkyl halides is 3. The monoisotopic (exact) mass is 674 g/mol. The van der Waals surface area contributed by atoms with E-state index in [1.54, 1.807) is 0 Å². The van der Waals surface area contributed by atoms with Crippen LogP contribution in [0.25, 0.3) is 10.9 Å². The Kier molecular flexibility index (Phi) is 11.8. The van der Waals surface area contributed by atoms with E-state index in [4.69, 9.17) is 20.1 Å². The second-order valence-corrected chi connectivity index (χ2v) is 12.2. The molecule has 12 heteroatoms. The molecule has 1 fully saturated rings. The Hall–Kier alpha value is -4.97. The normalized spacial score (nSPS) is 15.3. The molecule has 2 atom stereocenters. The second kappa shape index (κ2) is 16.4. The highest BCUT2D eigenvalue weighted by molar-refractivity contribution is 5.83. The number of fused-ring (bicyclic) bond motifs is 1. The van der Waals surface area contributed by atoms with Crippen molar-refractivity contribution in [3.63, 3.8) is 0 Å². The van der Waals surface area contributed by atoms with Crippen molar-refractivity contribution in [3.8, 4) is 0 Å². The maximum absolute atomic E-state index is 13.6. The lowest BCUT2D eigenvalue weighted by molar-refractivity contribution is -0.192. The first-order valence-corrected chi connectivity index (χ1v) is 16.5. The molecule has 0 spiro atoms. The minimum atomic E-state index is -5.08. The first-order chi connectivity index (χ1) is 23.6. The van der Waals surface area contributed by atoms with Gasteiger partial charge in [-0.2, -0.15) is 13.2 Å². The number of nitrogens with zero attached hydrogens (tertiary/aromatic N) is 3. The average Bonchev–Trinajstić information content (AvgIpc) is 3.71. The molecule has 258 valence electrons. The molecule has 49 heavy (non-hydrogen) atoms. The van der Waals surface area contributed by atoms with E-state index in [2.05, 4.69) is 100 Å². The fourth-order valence-corrected chi connectivity index (χ4v) is 6.02. The maximum atomic E-state index is 13.6. The first-order valence-electron chi connectivity index (χ1n) is 16.5. The lowest BCUT2D eigenvalue weighted by Crippen LogP contribution is -2.42. The zero-order chi connectivity index (χ0) is 34.8. The topological polar surface area (TPSA) is 125 Å². The van der Waals surface area contributed by atoms with E-state index in [1.165, 1.54) is 22.1 Å². The number of carboxylic acids is 1. The van der Waals surface area contributed by atoms with Crippen LogP contribution < -0.4 is 10.6 Å². The summed E-state index contributed by atoms with van der Waals surface area (Å²) in [4.78, 5) is 25.9. The van der Waals surface area contributed by atoms with Gasteiger partial charge in [0.1, 0.15) is 5.82 Å². The van der Waals surface area contributed by atoms with Gasteiger partial charge in [-0.3, -0.25) is 4.79 Å². The van der Waals surface area contributed by atoms with Crippen molar-refractivity contribution in [1.29, 1.82) is 0 Å². The summed E-state index contributed by atoms with van der Waals surface area (Å²) in [6.07, 6.45) is 2.17. The largest absolute Gasteiger partial charge is 0.490 e. The number of aromatic amines is 1. The summed E-state index contributed by atoms with van der Waals surface area (Å²) in [6, 6.07) is 27.3. The maximum Gasteiger partial charge on any atom is 0.490 e. The Balaban J connectivity index is 0.000000606. The molecule has 3 aromatic carbocycles. The van der Waals surface area contributed by atoms with Crippen molar-refractivity contribution < 1.29 is 27.9 Å². The lowest BCUT2D eigenvalue weighted by Gasteiger charge is -2.26. The van der Waals surface area contributed by atoms with Gasteiger partial charge in [0.25, 0.3) is 0 Å². The highest BCUT2D eigenvalue weighted by atomic mass is 19.4. The highest BCUT2D eigenvalue weighted by Crippen LogP contribution is 2.26. The van der Waals surface area contributed by atoms with Gasteiger partial charge < -0.3 is 25.3 Å². The number of halogens is 3. The third-order valence-corrected chi connectivity index (χ3v) is 8.75. The van der Waals surface area contributed by atoms with Crippen molar-refractivity contribution in [2.45, 2.75) is 64.2 Å². The van der Waals surface area contributed by atoms with Gasteiger partial charge in [0, 0.05) is 36.5 Å². The minimum absolute atomic E-state index is 0.0419. The Morgan fingerprint density at radius 2 is 1.65 bits per heavy atom. The molecule has 1 aliphatic rings. The fraction of sp³-hybridized carbons (Fsp3) is 0.351. The van der Waals surface area contributed by atoms with Gasteiger partial charge in [-0.25, -0.2) is 4.79 Å². The molecule has 0 saturated carbocycles. The molecule has 2 aromatic heterocycles. The number of benzene rings is 3. The molecule has 6 rings (SSSR count). The summed E-state index contributed by atoms with van der Waals surface area (Å²) in [7, 11) is 0. The van der Waals surface area contributed by atoms with Crippen molar-refractivity contribution in [2.75, 3.05) is 13.1 Å². The zero-order valence-corrected chi connectivity index (χ0v) is 27.3. The highest BCUT2D eigenvalue weighted by Gasteiger charge is 2.38. The summed E-state index contributed by atoms with van der Waals surface area (Å²) in [6.45, 7) is 4.51. The molecule has 1 amide bonds. The number of rotatable bonds is 11. The van der Waals surface area contributed by atoms with E-state index in [9.17, 15) is 18.0 Å². The number of carbonyl (C=O) groups is 2. The van der Waals surface area contributed by atoms with Crippen LogP contribution in [0.4, 0.5) is 13.2 Å². The van der Waals surface area contributed by atoms with E-state index >= 15 is 0 Å². The van der Waals surface area contributed by atoms with Crippen LogP contribution >= 0.6 is 0 Å². The quantitative estimate of drug-likeness (QED) is 0.133. The third kappa shape index (κ3) is 9.56. The molecule has 0 aliphatic carbocycles. The van der Waals surface area contributed by atoms with E-state index in [0.29, 0.717) is 19.5 Å². The number of carboxylic acid groups (broad SMARTS) is 1. The van der Waals surface area contributed by atoms with E-state index < -0.39 is 12.1 Å². The van der Waals surface area contributed by atoms with Gasteiger partial charge in [0.05, 0.1) is 18.5 Å². The van der Waals surface area contributed by atoms with Crippen LogP contribution in [0.3, 0.4) is 0 Å². The fourth-order valence-electron chi connectivity index (χ4n) is 6.02. The number of H-pyrrole nitrogens is 1. The Labute approximate surface area is 283 Å². The SMILES string of the molecule is CCc1ccc(Cn2c(CCc3ccccc3)nnc2[C@@H](Cc2c[nH]c3ccccc23)NC(=O)[C@H]2CCCNC2)cc1.O=C(O)C(F)(F)F. The molecule has 0 bridgehead atoms. The molecule has 1 saturated heterocycles. The second-order valence-electron chi connectivity index (χ2n) is 12.2. The van der Waals surface area contributed by atoms with Crippen LogP contribution in [0, 0.1) is 5.92 Å². The Morgan fingerprint density at radius 3 is 2.33 bits per heavy atom. The molecule has 5 aromatic rings. The van der Waals surface area contributed by atoms with Crippen molar-refractivity contribution >= 4 is 22.8 Å². The molecule has 4 N–H and O–H groups in total. The Bertz CT molecular complexity index is 1810. The lowest BCUT2D eigenvalue weighted by atomic mass is 9.97. The van der Waals surface area contributed by atoms with Crippen LogP contribution in [-0.2, 0) is 41.8 Å². The third-order valence-electron chi connectivity index (χ3n) is 8.75. The molecule has 0 radical (unpaired) electrons. The number of hydrogen-bond acceptors (Lipinski definition) is 5. The number of piperidine rings is 1. The van der Waals surface area contributed by atoms with Crippen LogP contribution in [0.5, 0.6) is 0 Å². The first kappa shape index (κ1) is 35.3. The number of amides is 1. The molecular weight excluding hydrogens is 633 g/mol. The van der Waals surface area contributed by atoms with Gasteiger partial charge >= 0.3 is 12.1 Å². The van der Waals surface area contributed by atoms with Crippen LogP contribution in [0.2, 0.25) is 0 Å². The number of para-hydroxylation sites is 1. The minimum Gasteiger partial charge on any atom is -0.475 e. The number of aromatic nitrogens is 4. The van der Waals surface area contributed by atoms with Gasteiger partial charge in [-0.1, -0.05) is 79.7 Å². The number of aliphatic carboxylic acids is 1. The zero-order valence-electron chi connectivity index (χ0n) is 27.3. The smallest absolute Gasteiger partial charge is 0.475 e. The van der Waals surface area contributed by atoms with Crippen molar-refractivity contribution in [3.05, 3.63) is 119 Å². The molecule has 3 heterocycles.